The molecule has 0 aliphatic rings. The van der Waals surface area contributed by atoms with E-state index in [1.165, 1.54) is 6.07 Å². The van der Waals surface area contributed by atoms with Crippen LogP contribution in [0.3, 0.4) is 0 Å². The summed E-state index contributed by atoms with van der Waals surface area (Å²) in [6.07, 6.45) is 0. The van der Waals surface area contributed by atoms with E-state index in [1.807, 2.05) is 60.7 Å². The second-order valence-corrected chi connectivity index (χ2v) is 7.73. The van der Waals surface area contributed by atoms with Gasteiger partial charge in [0.2, 0.25) is 16.9 Å². The highest BCUT2D eigenvalue weighted by Crippen LogP contribution is 2.29. The van der Waals surface area contributed by atoms with Crippen LogP contribution in [0.5, 0.6) is 0 Å². The predicted octanol–water partition coefficient (Wildman–Crippen LogP) is 4.98. The summed E-state index contributed by atoms with van der Waals surface area (Å²) in [5.74, 6) is -1.48. The van der Waals surface area contributed by atoms with Crippen LogP contribution in [0.25, 0.3) is 22.5 Å². The number of rotatable bonds is 7. The SMILES string of the molecule is O=C(CSc1nnc(-c2ccccc2)c(-c2ccccc2)n1)Nc1ccc(F)c([N+](=O)[O-])c1. The minimum Gasteiger partial charge on any atom is -0.325 e. The Morgan fingerprint density at radius 3 is 2.21 bits per heavy atom. The molecule has 1 amide bonds. The van der Waals surface area contributed by atoms with Crippen LogP contribution in [0.1, 0.15) is 0 Å². The number of nitro groups is 1. The van der Waals surface area contributed by atoms with Crippen molar-refractivity contribution in [2.75, 3.05) is 11.1 Å². The number of thioether (sulfide) groups is 1. The van der Waals surface area contributed by atoms with E-state index in [1.54, 1.807) is 0 Å². The lowest BCUT2D eigenvalue weighted by Crippen LogP contribution is -2.14. The van der Waals surface area contributed by atoms with Crippen LogP contribution in [-0.4, -0.2) is 31.8 Å². The Bertz CT molecular complexity index is 1310. The third-order valence-electron chi connectivity index (χ3n) is 4.52. The lowest BCUT2D eigenvalue weighted by molar-refractivity contribution is -0.387. The third kappa shape index (κ3) is 5.36. The highest BCUT2D eigenvalue weighted by molar-refractivity contribution is 7.99. The van der Waals surface area contributed by atoms with Crippen LogP contribution in [0.4, 0.5) is 15.8 Å². The van der Waals surface area contributed by atoms with E-state index in [-0.39, 0.29) is 11.4 Å². The lowest BCUT2D eigenvalue weighted by atomic mass is 10.0. The van der Waals surface area contributed by atoms with E-state index in [9.17, 15) is 19.3 Å². The molecule has 10 heteroatoms. The van der Waals surface area contributed by atoms with Gasteiger partial charge in [-0.1, -0.05) is 72.4 Å². The molecule has 33 heavy (non-hydrogen) atoms. The minimum absolute atomic E-state index is 0.0637. The van der Waals surface area contributed by atoms with E-state index < -0.39 is 22.3 Å². The lowest BCUT2D eigenvalue weighted by Gasteiger charge is -2.09. The largest absolute Gasteiger partial charge is 0.325 e. The van der Waals surface area contributed by atoms with Gasteiger partial charge in [-0.15, -0.1) is 10.2 Å². The smallest absolute Gasteiger partial charge is 0.306 e. The molecule has 1 aromatic heterocycles. The fraction of sp³-hybridized carbons (Fsp3) is 0.0435. The van der Waals surface area contributed by atoms with Gasteiger partial charge in [0.05, 0.1) is 10.7 Å². The number of aromatic nitrogens is 3. The minimum atomic E-state index is -0.973. The van der Waals surface area contributed by atoms with Crippen molar-refractivity contribution < 1.29 is 14.1 Å². The number of anilines is 1. The Labute approximate surface area is 192 Å². The number of carbonyl (C=O) groups excluding carboxylic acids is 1. The molecule has 0 saturated carbocycles. The number of hydrogen-bond acceptors (Lipinski definition) is 7. The monoisotopic (exact) mass is 461 g/mol. The van der Waals surface area contributed by atoms with E-state index >= 15 is 0 Å². The summed E-state index contributed by atoms with van der Waals surface area (Å²) < 4.78 is 13.5. The van der Waals surface area contributed by atoms with Gasteiger partial charge in [-0.3, -0.25) is 14.9 Å². The fourth-order valence-corrected chi connectivity index (χ4v) is 3.60. The molecule has 164 valence electrons. The van der Waals surface area contributed by atoms with Crippen molar-refractivity contribution in [2.45, 2.75) is 5.16 Å². The van der Waals surface area contributed by atoms with Crippen LogP contribution in [-0.2, 0) is 4.79 Å². The number of nitrogens with one attached hydrogen (secondary N) is 1. The third-order valence-corrected chi connectivity index (χ3v) is 5.36. The molecule has 0 aliphatic heterocycles. The van der Waals surface area contributed by atoms with Gasteiger partial charge in [-0.25, -0.2) is 4.98 Å². The molecule has 0 fully saturated rings. The maximum absolute atomic E-state index is 13.5. The molecular weight excluding hydrogens is 445 g/mol. The molecule has 0 saturated heterocycles. The molecule has 8 nitrogen and oxygen atoms in total. The summed E-state index contributed by atoms with van der Waals surface area (Å²) in [7, 11) is 0. The number of nitro benzene ring substituents is 1. The zero-order valence-corrected chi connectivity index (χ0v) is 17.8. The molecule has 4 rings (SSSR count). The van der Waals surface area contributed by atoms with Crippen LogP contribution in [0, 0.1) is 15.9 Å². The summed E-state index contributed by atoms with van der Waals surface area (Å²) in [6.45, 7) is 0. The van der Waals surface area contributed by atoms with Gasteiger partial charge in [0, 0.05) is 22.9 Å². The molecule has 0 radical (unpaired) electrons. The molecule has 1 heterocycles. The molecule has 0 bridgehead atoms. The van der Waals surface area contributed by atoms with Gasteiger partial charge < -0.3 is 5.32 Å². The maximum Gasteiger partial charge on any atom is 0.306 e. The van der Waals surface area contributed by atoms with Crippen molar-refractivity contribution in [3.63, 3.8) is 0 Å². The van der Waals surface area contributed by atoms with Crippen LogP contribution in [0.2, 0.25) is 0 Å². The van der Waals surface area contributed by atoms with Crippen molar-refractivity contribution in [1.29, 1.82) is 0 Å². The highest BCUT2D eigenvalue weighted by atomic mass is 32.2. The van der Waals surface area contributed by atoms with E-state index in [2.05, 4.69) is 20.5 Å². The van der Waals surface area contributed by atoms with Crippen molar-refractivity contribution >= 4 is 29.0 Å². The quantitative estimate of drug-likeness (QED) is 0.235. The summed E-state index contributed by atoms with van der Waals surface area (Å²) in [6, 6.07) is 22.2. The Balaban J connectivity index is 1.52. The molecule has 0 unspecified atom stereocenters. The fourth-order valence-electron chi connectivity index (χ4n) is 3.02. The van der Waals surface area contributed by atoms with Crippen molar-refractivity contribution in [1.82, 2.24) is 15.2 Å². The summed E-state index contributed by atoms with van der Waals surface area (Å²) in [5, 5.41) is 22.2. The Kier molecular flexibility index (Phi) is 6.65. The molecule has 0 spiro atoms. The number of nitrogens with zero attached hydrogens (tertiary/aromatic N) is 4. The first-order chi connectivity index (χ1) is 16.0. The Morgan fingerprint density at radius 2 is 1.58 bits per heavy atom. The van der Waals surface area contributed by atoms with Crippen LogP contribution >= 0.6 is 11.8 Å². The zero-order valence-electron chi connectivity index (χ0n) is 17.0. The number of amides is 1. The first-order valence-electron chi connectivity index (χ1n) is 9.73. The van der Waals surface area contributed by atoms with Gasteiger partial charge in [-0.05, 0) is 12.1 Å². The molecule has 1 N–H and O–H groups in total. The summed E-state index contributed by atoms with van der Waals surface area (Å²) >= 11 is 1.07. The first-order valence-corrected chi connectivity index (χ1v) is 10.7. The van der Waals surface area contributed by atoms with E-state index in [4.69, 9.17) is 0 Å². The Morgan fingerprint density at radius 1 is 0.939 bits per heavy atom. The topological polar surface area (TPSA) is 111 Å². The summed E-state index contributed by atoms with van der Waals surface area (Å²) in [4.78, 5) is 27.0. The number of carbonyl (C=O) groups is 1. The number of hydrogen-bond donors (Lipinski definition) is 1. The van der Waals surface area contributed by atoms with Crippen LogP contribution in [0.15, 0.2) is 84.0 Å². The van der Waals surface area contributed by atoms with E-state index in [0.717, 1.165) is 35.0 Å². The zero-order chi connectivity index (χ0) is 23.2. The average Bonchev–Trinajstić information content (AvgIpc) is 2.85. The van der Waals surface area contributed by atoms with Crippen molar-refractivity contribution in [2.24, 2.45) is 0 Å². The van der Waals surface area contributed by atoms with Gasteiger partial charge in [-0.2, -0.15) is 4.39 Å². The second kappa shape index (κ2) is 9.96. The molecular formula is C23H16FN5O3S. The number of halogens is 1. The van der Waals surface area contributed by atoms with Crippen LogP contribution < -0.4 is 5.32 Å². The van der Waals surface area contributed by atoms with Gasteiger partial charge in [0.1, 0.15) is 11.4 Å². The molecule has 0 aliphatic carbocycles. The standard InChI is InChI=1S/C23H16FN5O3S/c24-18-12-11-17(13-19(18)29(31)32)25-20(30)14-33-23-26-21(15-7-3-1-4-8-15)22(27-28-23)16-9-5-2-6-10-16/h1-13H,14H2,(H,25,30). The van der Waals surface area contributed by atoms with Gasteiger partial charge >= 0.3 is 5.69 Å². The molecule has 4 aromatic rings. The van der Waals surface area contributed by atoms with Gasteiger partial charge in [0.25, 0.3) is 0 Å². The van der Waals surface area contributed by atoms with Crippen molar-refractivity contribution in [3.8, 4) is 22.5 Å². The average molecular weight is 461 g/mol. The normalized spacial score (nSPS) is 10.6. The second-order valence-electron chi connectivity index (χ2n) is 6.78. The summed E-state index contributed by atoms with van der Waals surface area (Å²) in [5.41, 5.74) is 2.39. The van der Waals surface area contributed by atoms with Crippen molar-refractivity contribution in [3.05, 3.63) is 94.8 Å². The Hall–Kier alpha value is -4.18. The molecule has 0 atom stereocenters. The number of benzene rings is 3. The first kappa shape index (κ1) is 22.0. The maximum atomic E-state index is 13.5. The van der Waals surface area contributed by atoms with Gasteiger partial charge in [0.15, 0.2) is 0 Å². The highest BCUT2D eigenvalue weighted by Gasteiger charge is 2.17. The van der Waals surface area contributed by atoms with E-state index in [0.29, 0.717) is 16.5 Å². The molecule has 3 aromatic carbocycles. The predicted molar refractivity (Wildman–Crippen MR) is 123 cm³/mol.